The van der Waals surface area contributed by atoms with Gasteiger partial charge in [-0.25, -0.2) is 0 Å². The first-order valence-electron chi connectivity index (χ1n) is 6.93. The van der Waals surface area contributed by atoms with E-state index in [1.54, 1.807) is 61.5 Å². The number of rotatable bonds is 5. The Bertz CT molecular complexity index is 795. The molecule has 2 aromatic rings. The molecule has 118 valence electrons. The van der Waals surface area contributed by atoms with Gasteiger partial charge in [0, 0.05) is 15.9 Å². The van der Waals surface area contributed by atoms with Gasteiger partial charge in [-0.3, -0.25) is 4.57 Å². The van der Waals surface area contributed by atoms with E-state index in [1.165, 1.54) is 0 Å². The Hall–Kier alpha value is -2.05. The van der Waals surface area contributed by atoms with Crippen LogP contribution in [-0.2, 0) is 9.09 Å². The van der Waals surface area contributed by atoms with Crippen molar-refractivity contribution >= 4 is 30.0 Å². The van der Waals surface area contributed by atoms with Crippen LogP contribution in [0, 0.1) is 11.3 Å². The number of nitrogens with zero attached hydrogens (tertiary/aromatic N) is 1. The van der Waals surface area contributed by atoms with Gasteiger partial charge in [0.25, 0.3) is 7.37 Å². The fraction of sp³-hybridized carbons (Fsp3) is 0.118. The van der Waals surface area contributed by atoms with Crippen molar-refractivity contribution in [1.29, 1.82) is 5.26 Å². The van der Waals surface area contributed by atoms with Crippen molar-refractivity contribution in [2.45, 2.75) is 6.92 Å². The Morgan fingerprint density at radius 2 is 1.83 bits per heavy atom. The second-order valence-electron chi connectivity index (χ2n) is 4.62. The van der Waals surface area contributed by atoms with Gasteiger partial charge in [0.1, 0.15) is 11.8 Å². The van der Waals surface area contributed by atoms with E-state index in [-0.39, 0.29) is 17.7 Å². The first-order chi connectivity index (χ1) is 11.0. The zero-order valence-electron chi connectivity index (χ0n) is 12.4. The van der Waals surface area contributed by atoms with Gasteiger partial charge < -0.3 is 9.63 Å². The van der Waals surface area contributed by atoms with E-state index in [0.29, 0.717) is 15.9 Å². The largest absolute Gasteiger partial charge is 0.506 e. The zero-order chi connectivity index (χ0) is 16.9. The highest BCUT2D eigenvalue weighted by atomic mass is 35.5. The topological polar surface area (TPSA) is 70.3 Å². The molecule has 0 heterocycles. The van der Waals surface area contributed by atoms with Crippen LogP contribution in [0.15, 0.2) is 59.9 Å². The van der Waals surface area contributed by atoms with Crippen LogP contribution in [0.5, 0.6) is 0 Å². The van der Waals surface area contributed by atoms with Gasteiger partial charge in [-0.15, -0.1) is 0 Å². The molecule has 0 bridgehead atoms. The highest BCUT2D eigenvalue weighted by Crippen LogP contribution is 2.55. The molecule has 0 saturated carbocycles. The molecular formula is C17H15ClNO3P. The Labute approximate surface area is 140 Å². The maximum absolute atomic E-state index is 13.3. The number of nitriles is 1. The number of halogens is 1. The minimum absolute atomic E-state index is 0.144. The van der Waals surface area contributed by atoms with Gasteiger partial charge in [0.15, 0.2) is 5.31 Å². The smallest absolute Gasteiger partial charge is 0.275 e. The Balaban J connectivity index is 2.64. The van der Waals surface area contributed by atoms with Crippen LogP contribution in [0.4, 0.5) is 0 Å². The molecule has 0 fully saturated rings. The number of hydrogen-bond donors (Lipinski definition) is 1. The van der Waals surface area contributed by atoms with E-state index in [1.807, 2.05) is 6.07 Å². The third kappa shape index (κ3) is 3.65. The molecule has 23 heavy (non-hydrogen) atoms. The maximum Gasteiger partial charge on any atom is 0.275 e. The van der Waals surface area contributed by atoms with Crippen LogP contribution in [-0.4, -0.2) is 11.7 Å². The van der Waals surface area contributed by atoms with Crippen molar-refractivity contribution in [3.05, 3.63) is 70.5 Å². The summed E-state index contributed by atoms with van der Waals surface area (Å²) in [6.45, 7) is 1.83. The summed E-state index contributed by atoms with van der Waals surface area (Å²) in [7, 11) is -3.68. The predicted molar refractivity (Wildman–Crippen MR) is 91.9 cm³/mol. The van der Waals surface area contributed by atoms with Gasteiger partial charge in [-0.2, -0.15) is 5.26 Å². The molecule has 2 aromatic carbocycles. The summed E-state index contributed by atoms with van der Waals surface area (Å²) < 4.78 is 18.8. The predicted octanol–water partition coefficient (Wildman–Crippen LogP) is 4.73. The molecule has 0 saturated heterocycles. The van der Waals surface area contributed by atoms with Crippen LogP contribution in [0.2, 0.25) is 5.02 Å². The lowest BCUT2D eigenvalue weighted by atomic mass is 10.2. The quantitative estimate of drug-likeness (QED) is 0.482. The lowest BCUT2D eigenvalue weighted by molar-refractivity contribution is 0.345. The summed E-state index contributed by atoms with van der Waals surface area (Å²) >= 11 is 5.82. The van der Waals surface area contributed by atoms with Gasteiger partial charge in [-0.1, -0.05) is 29.8 Å². The number of aliphatic hydroxyl groups excluding tert-OH is 1. The number of allylic oxidation sites excluding steroid dienone is 1. The van der Waals surface area contributed by atoms with Crippen LogP contribution >= 0.6 is 19.0 Å². The summed E-state index contributed by atoms with van der Waals surface area (Å²) in [5.74, 6) is -0.371. The SMILES string of the molecule is CCO[P@@](=O)(/C(C#N)=C(\O)c1ccc(Cl)cc1)c1ccccc1. The summed E-state index contributed by atoms with van der Waals surface area (Å²) in [6, 6.07) is 16.5. The molecule has 1 atom stereocenters. The summed E-state index contributed by atoms with van der Waals surface area (Å²) in [4.78, 5) is 0. The number of aliphatic hydroxyl groups is 1. The molecule has 4 nitrogen and oxygen atoms in total. The van der Waals surface area contributed by atoms with Gasteiger partial charge in [0.05, 0.1) is 6.61 Å². The molecule has 0 radical (unpaired) electrons. The van der Waals surface area contributed by atoms with E-state index < -0.39 is 7.37 Å². The van der Waals surface area contributed by atoms with Crippen molar-refractivity contribution in [2.75, 3.05) is 6.61 Å². The van der Waals surface area contributed by atoms with Gasteiger partial charge in [-0.05, 0) is 43.3 Å². The molecule has 6 heteroatoms. The fourth-order valence-electron chi connectivity index (χ4n) is 2.08. The molecule has 0 amide bonds. The minimum Gasteiger partial charge on any atom is -0.506 e. The van der Waals surface area contributed by atoms with Crippen molar-refractivity contribution in [3.63, 3.8) is 0 Å². The van der Waals surface area contributed by atoms with Crippen molar-refractivity contribution in [1.82, 2.24) is 0 Å². The third-order valence-electron chi connectivity index (χ3n) is 3.15. The Morgan fingerprint density at radius 1 is 1.22 bits per heavy atom. The zero-order valence-corrected chi connectivity index (χ0v) is 14.1. The van der Waals surface area contributed by atoms with E-state index in [9.17, 15) is 14.9 Å². The normalized spacial score (nSPS) is 14.5. The van der Waals surface area contributed by atoms with Crippen LogP contribution < -0.4 is 5.30 Å². The van der Waals surface area contributed by atoms with E-state index in [2.05, 4.69) is 0 Å². The van der Waals surface area contributed by atoms with Crippen LogP contribution in [0.25, 0.3) is 5.76 Å². The first kappa shape index (κ1) is 17.3. The molecule has 0 spiro atoms. The highest BCUT2D eigenvalue weighted by molar-refractivity contribution is 7.71. The lowest BCUT2D eigenvalue weighted by Crippen LogP contribution is -2.10. The monoisotopic (exact) mass is 347 g/mol. The highest BCUT2D eigenvalue weighted by Gasteiger charge is 2.34. The van der Waals surface area contributed by atoms with Crippen LogP contribution in [0.3, 0.4) is 0 Å². The van der Waals surface area contributed by atoms with Crippen molar-refractivity contribution < 1.29 is 14.2 Å². The van der Waals surface area contributed by atoms with Crippen molar-refractivity contribution in [3.8, 4) is 6.07 Å². The molecule has 0 aliphatic heterocycles. The fourth-order valence-corrected chi connectivity index (χ4v) is 4.21. The average Bonchev–Trinajstić information content (AvgIpc) is 2.57. The molecule has 0 unspecified atom stereocenters. The molecule has 0 aromatic heterocycles. The van der Waals surface area contributed by atoms with E-state index in [4.69, 9.17) is 16.1 Å². The molecule has 2 rings (SSSR count). The lowest BCUT2D eigenvalue weighted by Gasteiger charge is -2.18. The standard InChI is InChI=1S/C17H15ClNO3P/c1-2-22-23(21,15-6-4-3-5-7-15)16(12-19)17(20)13-8-10-14(18)11-9-13/h3-11,20H,2H2,1H3/b17-16-/t23-/m1/s1. The summed E-state index contributed by atoms with van der Waals surface area (Å²) in [5, 5.41) is 20.5. The summed E-state index contributed by atoms with van der Waals surface area (Å²) in [6.07, 6.45) is 0. The molecule has 0 aliphatic rings. The molecule has 0 aliphatic carbocycles. The van der Waals surface area contributed by atoms with E-state index in [0.717, 1.165) is 0 Å². The van der Waals surface area contributed by atoms with Crippen molar-refractivity contribution in [2.24, 2.45) is 0 Å². The number of hydrogen-bond acceptors (Lipinski definition) is 4. The third-order valence-corrected chi connectivity index (χ3v) is 5.90. The Kier molecular flexibility index (Phi) is 5.63. The average molecular weight is 348 g/mol. The summed E-state index contributed by atoms with van der Waals surface area (Å²) in [5.41, 5.74) is 0.349. The second-order valence-corrected chi connectivity index (χ2v) is 7.38. The second kappa shape index (κ2) is 7.48. The van der Waals surface area contributed by atoms with E-state index >= 15 is 0 Å². The molecular weight excluding hydrogens is 333 g/mol. The van der Waals surface area contributed by atoms with Crippen LogP contribution in [0.1, 0.15) is 12.5 Å². The minimum atomic E-state index is -3.68. The first-order valence-corrected chi connectivity index (χ1v) is 8.93. The number of benzene rings is 2. The van der Waals surface area contributed by atoms with Gasteiger partial charge in [0.2, 0.25) is 0 Å². The van der Waals surface area contributed by atoms with Gasteiger partial charge >= 0.3 is 0 Å². The Morgan fingerprint density at radius 3 is 2.35 bits per heavy atom. The molecule has 1 N–H and O–H groups in total. The maximum atomic E-state index is 13.3.